The van der Waals surface area contributed by atoms with Gasteiger partial charge in [0.1, 0.15) is 12.6 Å². The Morgan fingerprint density at radius 3 is 2.53 bits per heavy atom. The van der Waals surface area contributed by atoms with Crippen molar-refractivity contribution in [3.8, 4) is 0 Å². The number of benzene rings is 1. The number of hydrogen-bond donors (Lipinski definition) is 1. The summed E-state index contributed by atoms with van der Waals surface area (Å²) in [6.45, 7) is 4.21. The van der Waals surface area contributed by atoms with Gasteiger partial charge in [-0.15, -0.1) is 0 Å². The molecule has 1 rings (SSSR count). The number of carbonyl (C=O) groups is 1. The van der Waals surface area contributed by atoms with E-state index in [9.17, 15) is 4.79 Å². The van der Waals surface area contributed by atoms with Crippen LogP contribution in [0.5, 0.6) is 0 Å². The molecule has 0 aliphatic rings. The normalized spacial score (nSPS) is 12.5. The molecular formula is C13H19NO3. The Kier molecular flexibility index (Phi) is 5.66. The van der Waals surface area contributed by atoms with Gasteiger partial charge in [0, 0.05) is 0 Å². The van der Waals surface area contributed by atoms with Gasteiger partial charge in [0.2, 0.25) is 0 Å². The summed E-state index contributed by atoms with van der Waals surface area (Å²) in [7, 11) is 0. The van der Waals surface area contributed by atoms with Crippen LogP contribution in [0.15, 0.2) is 30.3 Å². The van der Waals surface area contributed by atoms with Crippen molar-refractivity contribution < 1.29 is 14.3 Å². The highest BCUT2D eigenvalue weighted by atomic mass is 16.5. The molecule has 0 aliphatic heterocycles. The summed E-state index contributed by atoms with van der Waals surface area (Å²) in [5.74, 6) is -0.436. The lowest BCUT2D eigenvalue weighted by atomic mass is 10.2. The molecule has 1 aromatic carbocycles. The van der Waals surface area contributed by atoms with Crippen LogP contribution < -0.4 is 5.73 Å². The molecule has 0 amide bonds. The predicted molar refractivity (Wildman–Crippen MR) is 65.3 cm³/mol. The van der Waals surface area contributed by atoms with Crippen LogP contribution in [0, 0.1) is 0 Å². The van der Waals surface area contributed by atoms with E-state index in [0.717, 1.165) is 5.56 Å². The number of nitrogens with two attached hydrogens (primary N) is 1. The summed E-state index contributed by atoms with van der Waals surface area (Å²) in [6.07, 6.45) is 0.0583. The molecule has 0 aromatic heterocycles. The van der Waals surface area contributed by atoms with Crippen LogP contribution in [-0.4, -0.2) is 24.7 Å². The van der Waals surface area contributed by atoms with Gasteiger partial charge in [0.15, 0.2) is 0 Å². The molecular weight excluding hydrogens is 218 g/mol. The third-order valence-electron chi connectivity index (χ3n) is 2.14. The minimum Gasteiger partial charge on any atom is -0.460 e. The molecule has 2 N–H and O–H groups in total. The van der Waals surface area contributed by atoms with Crippen LogP contribution in [-0.2, 0) is 20.9 Å². The lowest BCUT2D eigenvalue weighted by Gasteiger charge is -2.13. The number of esters is 1. The van der Waals surface area contributed by atoms with E-state index < -0.39 is 12.0 Å². The largest absolute Gasteiger partial charge is 0.460 e. The first-order valence-electron chi connectivity index (χ1n) is 5.67. The monoisotopic (exact) mass is 237 g/mol. The molecule has 0 fully saturated rings. The van der Waals surface area contributed by atoms with Gasteiger partial charge in [-0.05, 0) is 19.4 Å². The van der Waals surface area contributed by atoms with Gasteiger partial charge in [-0.25, -0.2) is 0 Å². The first-order chi connectivity index (χ1) is 8.09. The Morgan fingerprint density at radius 2 is 1.94 bits per heavy atom. The summed E-state index contributed by atoms with van der Waals surface area (Å²) >= 11 is 0. The molecule has 1 atom stereocenters. The van der Waals surface area contributed by atoms with Crippen LogP contribution in [0.4, 0.5) is 0 Å². The van der Waals surface area contributed by atoms with Crippen LogP contribution >= 0.6 is 0 Å². The summed E-state index contributed by atoms with van der Waals surface area (Å²) < 4.78 is 10.3. The van der Waals surface area contributed by atoms with Gasteiger partial charge in [0.05, 0.1) is 12.7 Å². The van der Waals surface area contributed by atoms with E-state index in [0.29, 0.717) is 0 Å². The minimum absolute atomic E-state index is 0.0583. The van der Waals surface area contributed by atoms with E-state index in [2.05, 4.69) is 0 Å². The fraction of sp³-hybridized carbons (Fsp3) is 0.462. The Labute approximate surface area is 102 Å². The lowest BCUT2D eigenvalue weighted by molar-refractivity contribution is -0.148. The highest BCUT2D eigenvalue weighted by Crippen LogP contribution is 2.02. The van der Waals surface area contributed by atoms with Crippen molar-refractivity contribution in [1.82, 2.24) is 0 Å². The second-order valence-electron chi connectivity index (χ2n) is 4.08. The van der Waals surface area contributed by atoms with Gasteiger partial charge in [-0.2, -0.15) is 0 Å². The summed E-state index contributed by atoms with van der Waals surface area (Å²) in [4.78, 5) is 11.5. The second kappa shape index (κ2) is 7.04. The Morgan fingerprint density at radius 1 is 1.29 bits per heavy atom. The van der Waals surface area contributed by atoms with Crippen molar-refractivity contribution in [2.24, 2.45) is 5.73 Å². The lowest BCUT2D eigenvalue weighted by Crippen LogP contribution is -2.37. The Hall–Kier alpha value is -1.39. The number of ether oxygens (including phenoxy) is 2. The molecule has 17 heavy (non-hydrogen) atoms. The summed E-state index contributed by atoms with van der Waals surface area (Å²) in [5.41, 5.74) is 6.57. The quantitative estimate of drug-likeness (QED) is 0.761. The van der Waals surface area contributed by atoms with Crippen molar-refractivity contribution >= 4 is 5.97 Å². The summed E-state index contributed by atoms with van der Waals surface area (Å²) in [5, 5.41) is 0. The molecule has 0 radical (unpaired) electrons. The van der Waals surface area contributed by atoms with E-state index in [-0.39, 0.29) is 19.3 Å². The molecule has 1 aromatic rings. The topological polar surface area (TPSA) is 61.5 Å². The van der Waals surface area contributed by atoms with Crippen LogP contribution in [0.1, 0.15) is 19.4 Å². The maximum atomic E-state index is 11.5. The number of hydrogen-bond acceptors (Lipinski definition) is 4. The highest BCUT2D eigenvalue weighted by molar-refractivity contribution is 5.75. The third kappa shape index (κ3) is 5.47. The molecule has 0 heterocycles. The first-order valence-corrected chi connectivity index (χ1v) is 5.67. The third-order valence-corrected chi connectivity index (χ3v) is 2.14. The first kappa shape index (κ1) is 13.7. The van der Waals surface area contributed by atoms with E-state index in [1.807, 2.05) is 44.2 Å². The number of rotatable bonds is 6. The van der Waals surface area contributed by atoms with Gasteiger partial charge in [0.25, 0.3) is 0 Å². The molecule has 0 aliphatic carbocycles. The molecule has 4 nitrogen and oxygen atoms in total. The van der Waals surface area contributed by atoms with E-state index in [1.165, 1.54) is 0 Å². The molecule has 0 saturated heterocycles. The molecule has 0 bridgehead atoms. The van der Waals surface area contributed by atoms with Crippen LogP contribution in [0.25, 0.3) is 0 Å². The zero-order valence-corrected chi connectivity index (χ0v) is 10.3. The standard InChI is InChI=1S/C13H19NO3/c1-10(2)16-9-12(14)13(15)17-8-11-6-4-3-5-7-11/h3-7,10,12H,8-9,14H2,1-2H3/t12-/m0/s1. The van der Waals surface area contributed by atoms with Crippen molar-refractivity contribution in [3.63, 3.8) is 0 Å². The summed E-state index contributed by atoms with van der Waals surface area (Å²) in [6, 6.07) is 8.76. The van der Waals surface area contributed by atoms with Gasteiger partial charge in [-0.1, -0.05) is 30.3 Å². The van der Waals surface area contributed by atoms with Crippen LogP contribution in [0.2, 0.25) is 0 Å². The zero-order chi connectivity index (χ0) is 12.7. The molecule has 0 saturated carbocycles. The zero-order valence-electron chi connectivity index (χ0n) is 10.3. The molecule has 0 spiro atoms. The maximum Gasteiger partial charge on any atom is 0.325 e. The maximum absolute atomic E-state index is 11.5. The number of carbonyl (C=O) groups excluding carboxylic acids is 1. The smallest absolute Gasteiger partial charge is 0.325 e. The second-order valence-corrected chi connectivity index (χ2v) is 4.08. The fourth-order valence-corrected chi connectivity index (χ4v) is 1.20. The van der Waals surface area contributed by atoms with Crippen molar-refractivity contribution in [2.45, 2.75) is 32.6 Å². The minimum atomic E-state index is -0.721. The van der Waals surface area contributed by atoms with Crippen molar-refractivity contribution in [2.75, 3.05) is 6.61 Å². The van der Waals surface area contributed by atoms with E-state index in [4.69, 9.17) is 15.2 Å². The SMILES string of the molecule is CC(C)OC[C@H](N)C(=O)OCc1ccccc1. The van der Waals surface area contributed by atoms with Crippen molar-refractivity contribution in [3.05, 3.63) is 35.9 Å². The Bertz CT molecular complexity index is 338. The average Bonchev–Trinajstić information content (AvgIpc) is 2.34. The van der Waals surface area contributed by atoms with Gasteiger partial charge < -0.3 is 15.2 Å². The predicted octanol–water partition coefficient (Wildman–Crippen LogP) is 1.48. The van der Waals surface area contributed by atoms with Gasteiger partial charge >= 0.3 is 5.97 Å². The van der Waals surface area contributed by atoms with Gasteiger partial charge in [-0.3, -0.25) is 4.79 Å². The highest BCUT2D eigenvalue weighted by Gasteiger charge is 2.15. The van der Waals surface area contributed by atoms with E-state index in [1.54, 1.807) is 0 Å². The van der Waals surface area contributed by atoms with Crippen LogP contribution in [0.3, 0.4) is 0 Å². The van der Waals surface area contributed by atoms with E-state index >= 15 is 0 Å². The van der Waals surface area contributed by atoms with Crippen molar-refractivity contribution in [1.29, 1.82) is 0 Å². The Balaban J connectivity index is 2.29. The molecule has 4 heteroatoms. The molecule has 94 valence electrons. The fourth-order valence-electron chi connectivity index (χ4n) is 1.20. The average molecular weight is 237 g/mol. The molecule has 0 unspecified atom stereocenters.